The molecule has 80 valence electrons. The fourth-order valence-electron chi connectivity index (χ4n) is 1.17. The van der Waals surface area contributed by atoms with Crippen molar-refractivity contribution in [2.24, 2.45) is 0 Å². The lowest BCUT2D eigenvalue weighted by molar-refractivity contribution is -0.00000338. The minimum Gasteiger partial charge on any atom is -1.00 e. The van der Waals surface area contributed by atoms with Crippen molar-refractivity contribution in [3.05, 3.63) is 35.6 Å². The lowest BCUT2D eigenvalue weighted by Gasteiger charge is -2.04. The Morgan fingerprint density at radius 2 is 2.00 bits per heavy atom. The number of unbranched alkanes of at least 4 members (excludes halogenated alkanes) is 1. The van der Waals surface area contributed by atoms with Crippen LogP contribution in [0.2, 0.25) is 0 Å². The van der Waals surface area contributed by atoms with Gasteiger partial charge in [0.15, 0.2) is 0 Å². The third-order valence-electron chi connectivity index (χ3n) is 1.98. The molecule has 1 nitrogen and oxygen atoms in total. The first kappa shape index (κ1) is 13.4. The standard InChI is InChI=1S/C11H16FN.ClH/c1-2-3-8-13-9-10-6-4-5-7-11(10)12;/h4-7,13H,2-3,8-9H2,1H3;1H/p-1. The third kappa shape index (κ3) is 4.58. The average Bonchev–Trinajstić information content (AvgIpc) is 2.15. The van der Waals surface area contributed by atoms with Crippen molar-refractivity contribution < 1.29 is 16.8 Å². The van der Waals surface area contributed by atoms with E-state index >= 15 is 0 Å². The zero-order valence-corrected chi connectivity index (χ0v) is 9.15. The van der Waals surface area contributed by atoms with Crippen LogP contribution in [-0.4, -0.2) is 6.54 Å². The van der Waals surface area contributed by atoms with E-state index in [0.29, 0.717) is 6.54 Å². The topological polar surface area (TPSA) is 12.0 Å². The van der Waals surface area contributed by atoms with Crippen LogP contribution in [0.25, 0.3) is 0 Å². The highest BCUT2D eigenvalue weighted by Crippen LogP contribution is 2.05. The molecular formula is C11H16ClFN-. The minimum absolute atomic E-state index is 0. The molecule has 0 aliphatic heterocycles. The maximum atomic E-state index is 13.1. The van der Waals surface area contributed by atoms with Gasteiger partial charge in [0, 0.05) is 12.1 Å². The second kappa shape index (κ2) is 7.77. The van der Waals surface area contributed by atoms with Crippen molar-refractivity contribution in [3.63, 3.8) is 0 Å². The lowest BCUT2D eigenvalue weighted by Crippen LogP contribution is -3.00. The molecule has 0 unspecified atom stereocenters. The predicted octanol–water partition coefficient (Wildman–Crippen LogP) is -0.281. The molecule has 0 amide bonds. The maximum absolute atomic E-state index is 13.1. The predicted molar refractivity (Wildman–Crippen MR) is 53.0 cm³/mol. The van der Waals surface area contributed by atoms with Crippen LogP contribution in [0.3, 0.4) is 0 Å². The summed E-state index contributed by atoms with van der Waals surface area (Å²) in [5.41, 5.74) is 0.749. The number of rotatable bonds is 5. The highest BCUT2D eigenvalue weighted by Gasteiger charge is 1.98. The summed E-state index contributed by atoms with van der Waals surface area (Å²) in [4.78, 5) is 0. The highest BCUT2D eigenvalue weighted by molar-refractivity contribution is 5.16. The molecule has 0 saturated heterocycles. The monoisotopic (exact) mass is 216 g/mol. The molecule has 3 heteroatoms. The summed E-state index contributed by atoms with van der Waals surface area (Å²) in [6.45, 7) is 3.74. The van der Waals surface area contributed by atoms with E-state index in [1.165, 1.54) is 12.5 Å². The van der Waals surface area contributed by atoms with Crippen LogP contribution in [0.1, 0.15) is 25.3 Å². The fourth-order valence-corrected chi connectivity index (χ4v) is 1.17. The molecule has 0 bridgehead atoms. The van der Waals surface area contributed by atoms with Crippen LogP contribution < -0.4 is 17.7 Å². The highest BCUT2D eigenvalue weighted by atomic mass is 35.5. The Bertz CT molecular complexity index is 253. The summed E-state index contributed by atoms with van der Waals surface area (Å²) in [5, 5.41) is 3.20. The van der Waals surface area contributed by atoms with Crippen molar-refractivity contribution in [3.8, 4) is 0 Å². The smallest absolute Gasteiger partial charge is 0.127 e. The van der Waals surface area contributed by atoms with Crippen LogP contribution in [0.5, 0.6) is 0 Å². The first-order chi connectivity index (χ1) is 6.34. The van der Waals surface area contributed by atoms with E-state index in [4.69, 9.17) is 0 Å². The first-order valence-corrected chi connectivity index (χ1v) is 4.78. The summed E-state index contributed by atoms with van der Waals surface area (Å²) in [5.74, 6) is -0.119. The van der Waals surface area contributed by atoms with Gasteiger partial charge in [0.1, 0.15) is 5.82 Å². The second-order valence-electron chi connectivity index (χ2n) is 3.12. The molecule has 0 heterocycles. The largest absolute Gasteiger partial charge is 1.00 e. The molecule has 0 fully saturated rings. The molecule has 0 atom stereocenters. The van der Waals surface area contributed by atoms with Gasteiger partial charge in [-0.3, -0.25) is 0 Å². The number of nitrogens with one attached hydrogen (secondary N) is 1. The van der Waals surface area contributed by atoms with Gasteiger partial charge in [-0.05, 0) is 19.0 Å². The van der Waals surface area contributed by atoms with Crippen molar-refractivity contribution in [1.29, 1.82) is 0 Å². The van der Waals surface area contributed by atoms with E-state index in [0.717, 1.165) is 18.5 Å². The van der Waals surface area contributed by atoms with Gasteiger partial charge in [0.2, 0.25) is 0 Å². The fraction of sp³-hybridized carbons (Fsp3) is 0.455. The van der Waals surface area contributed by atoms with Gasteiger partial charge in [0.05, 0.1) is 0 Å². The molecule has 0 radical (unpaired) electrons. The molecular weight excluding hydrogens is 201 g/mol. The van der Waals surface area contributed by atoms with Gasteiger partial charge < -0.3 is 17.7 Å². The van der Waals surface area contributed by atoms with Gasteiger partial charge >= 0.3 is 0 Å². The molecule has 0 aromatic heterocycles. The van der Waals surface area contributed by atoms with E-state index in [1.807, 2.05) is 12.1 Å². The molecule has 1 aromatic rings. The van der Waals surface area contributed by atoms with Crippen LogP contribution in [0, 0.1) is 5.82 Å². The first-order valence-electron chi connectivity index (χ1n) is 4.78. The summed E-state index contributed by atoms with van der Waals surface area (Å²) in [7, 11) is 0. The summed E-state index contributed by atoms with van der Waals surface area (Å²) in [6, 6.07) is 6.88. The summed E-state index contributed by atoms with van der Waals surface area (Å²) in [6.07, 6.45) is 2.32. The zero-order chi connectivity index (χ0) is 9.52. The van der Waals surface area contributed by atoms with Crippen LogP contribution in [-0.2, 0) is 6.54 Å². The van der Waals surface area contributed by atoms with Crippen molar-refractivity contribution >= 4 is 0 Å². The number of hydrogen-bond donors (Lipinski definition) is 1. The van der Waals surface area contributed by atoms with Gasteiger partial charge in [-0.2, -0.15) is 0 Å². The molecule has 0 spiro atoms. The number of halogens is 2. The average molecular weight is 217 g/mol. The van der Waals surface area contributed by atoms with Crippen LogP contribution >= 0.6 is 0 Å². The van der Waals surface area contributed by atoms with E-state index in [2.05, 4.69) is 12.2 Å². The zero-order valence-electron chi connectivity index (χ0n) is 8.39. The Hall–Kier alpha value is -0.600. The van der Waals surface area contributed by atoms with Crippen molar-refractivity contribution in [2.75, 3.05) is 6.54 Å². The van der Waals surface area contributed by atoms with E-state index < -0.39 is 0 Å². The number of benzene rings is 1. The van der Waals surface area contributed by atoms with Crippen LogP contribution in [0.15, 0.2) is 24.3 Å². The third-order valence-corrected chi connectivity index (χ3v) is 1.98. The van der Waals surface area contributed by atoms with E-state index in [9.17, 15) is 4.39 Å². The van der Waals surface area contributed by atoms with Gasteiger partial charge in [-0.15, -0.1) is 0 Å². The van der Waals surface area contributed by atoms with Gasteiger partial charge in [0.25, 0.3) is 0 Å². The molecule has 0 saturated carbocycles. The Morgan fingerprint density at radius 3 is 2.64 bits per heavy atom. The minimum atomic E-state index is -0.119. The Kier molecular flexibility index (Phi) is 7.44. The Morgan fingerprint density at radius 1 is 1.29 bits per heavy atom. The van der Waals surface area contributed by atoms with E-state index in [1.54, 1.807) is 6.07 Å². The SMILES string of the molecule is CCCCNCc1ccccc1F.[Cl-]. The lowest BCUT2D eigenvalue weighted by atomic mass is 10.2. The molecule has 1 rings (SSSR count). The summed E-state index contributed by atoms with van der Waals surface area (Å²) >= 11 is 0. The summed E-state index contributed by atoms with van der Waals surface area (Å²) < 4.78 is 13.1. The molecule has 0 aliphatic rings. The van der Waals surface area contributed by atoms with Crippen molar-refractivity contribution in [2.45, 2.75) is 26.3 Å². The molecule has 14 heavy (non-hydrogen) atoms. The normalized spacial score (nSPS) is 9.57. The number of hydrogen-bond acceptors (Lipinski definition) is 1. The van der Waals surface area contributed by atoms with Gasteiger partial charge in [-0.25, -0.2) is 4.39 Å². The Balaban J connectivity index is 0.00000169. The Labute approximate surface area is 91.1 Å². The quantitative estimate of drug-likeness (QED) is 0.668. The molecule has 0 aliphatic carbocycles. The van der Waals surface area contributed by atoms with Gasteiger partial charge in [-0.1, -0.05) is 31.5 Å². The van der Waals surface area contributed by atoms with Crippen molar-refractivity contribution in [1.82, 2.24) is 5.32 Å². The molecule has 1 N–H and O–H groups in total. The van der Waals surface area contributed by atoms with E-state index in [-0.39, 0.29) is 18.2 Å². The maximum Gasteiger partial charge on any atom is 0.127 e. The second-order valence-corrected chi connectivity index (χ2v) is 3.12. The van der Waals surface area contributed by atoms with Crippen LogP contribution in [0.4, 0.5) is 4.39 Å². The molecule has 1 aromatic carbocycles.